The molecular weight excluding hydrogens is 226 g/mol. The molecule has 104 valence electrons. The maximum Gasteiger partial charge on any atom is 0.0569 e. The second-order valence-electron chi connectivity index (χ2n) is 4.03. The van der Waals surface area contributed by atoms with Crippen molar-refractivity contribution in [1.82, 2.24) is 10.6 Å². The Morgan fingerprint density at radius 3 is 2.78 bits per heavy atom. The van der Waals surface area contributed by atoms with Gasteiger partial charge in [-0.3, -0.25) is 4.99 Å². The highest BCUT2D eigenvalue weighted by molar-refractivity contribution is 5.60. The van der Waals surface area contributed by atoms with Crippen molar-refractivity contribution >= 4 is 6.21 Å². The molecule has 0 unspecified atom stereocenters. The van der Waals surface area contributed by atoms with E-state index in [0.717, 1.165) is 38.9 Å². The predicted molar refractivity (Wildman–Crippen MR) is 79.4 cm³/mol. The Morgan fingerprint density at radius 1 is 1.28 bits per heavy atom. The quantitative estimate of drug-likeness (QED) is 0.622. The van der Waals surface area contributed by atoms with Crippen molar-refractivity contribution in [1.29, 1.82) is 0 Å². The van der Waals surface area contributed by atoms with Gasteiger partial charge in [0.05, 0.1) is 6.54 Å². The Kier molecular flexibility index (Phi) is 13.3. The summed E-state index contributed by atoms with van der Waals surface area (Å²) in [5.41, 5.74) is 1.35. The lowest BCUT2D eigenvalue weighted by Crippen LogP contribution is -2.09. The number of rotatable bonds is 6. The maximum atomic E-state index is 8.27. The molecule has 1 aliphatic rings. The summed E-state index contributed by atoms with van der Waals surface area (Å²) in [5.74, 6) is 0. The van der Waals surface area contributed by atoms with Crippen LogP contribution in [0, 0.1) is 0 Å². The SMILES string of the molecule is CNC/C1=C/CC=NCC=C1.CNCCCCO. The van der Waals surface area contributed by atoms with Gasteiger partial charge in [0.15, 0.2) is 0 Å². The van der Waals surface area contributed by atoms with Crippen molar-refractivity contribution < 1.29 is 5.11 Å². The smallest absolute Gasteiger partial charge is 0.0569 e. The Bertz CT molecular complexity index is 256. The molecule has 4 nitrogen and oxygen atoms in total. The normalized spacial score (nSPS) is 17.2. The van der Waals surface area contributed by atoms with Crippen molar-refractivity contribution in [2.75, 3.05) is 40.3 Å². The number of nitrogens with zero attached hydrogens (tertiary/aromatic N) is 1. The van der Waals surface area contributed by atoms with E-state index in [0.29, 0.717) is 6.61 Å². The molecule has 1 heterocycles. The summed E-state index contributed by atoms with van der Waals surface area (Å²) in [7, 11) is 3.87. The standard InChI is InChI=1S/C9H14N2.C5H13NO/c1-10-8-9-4-2-6-11-7-3-5-9;1-6-4-2-3-5-7/h2,4-5,7,10H,3,6,8H2,1H3;6-7H,2-5H2,1H3/b4-2?,9-5+,11-7?;. The largest absolute Gasteiger partial charge is 0.396 e. The average Bonchev–Trinajstić information content (AvgIpc) is 2.34. The molecule has 0 radical (unpaired) electrons. The van der Waals surface area contributed by atoms with Crippen LogP contribution < -0.4 is 10.6 Å². The van der Waals surface area contributed by atoms with Crippen LogP contribution in [0.25, 0.3) is 0 Å². The molecule has 0 spiro atoms. The first-order valence-electron chi connectivity index (χ1n) is 6.59. The van der Waals surface area contributed by atoms with Gasteiger partial charge in [-0.25, -0.2) is 0 Å². The van der Waals surface area contributed by atoms with Crippen LogP contribution in [0.1, 0.15) is 19.3 Å². The van der Waals surface area contributed by atoms with Gasteiger partial charge in [-0.2, -0.15) is 0 Å². The molecule has 0 aromatic rings. The fraction of sp³-hybridized carbons (Fsp3) is 0.643. The lowest BCUT2D eigenvalue weighted by Gasteiger charge is -2.01. The van der Waals surface area contributed by atoms with Gasteiger partial charge in [-0.15, -0.1) is 0 Å². The first-order chi connectivity index (χ1) is 8.85. The van der Waals surface area contributed by atoms with Gasteiger partial charge in [-0.1, -0.05) is 18.2 Å². The molecule has 0 aliphatic carbocycles. The van der Waals surface area contributed by atoms with E-state index >= 15 is 0 Å². The van der Waals surface area contributed by atoms with E-state index in [-0.39, 0.29) is 0 Å². The predicted octanol–water partition coefficient (Wildman–Crippen LogP) is 1.14. The lowest BCUT2D eigenvalue weighted by atomic mass is 10.2. The van der Waals surface area contributed by atoms with Crippen molar-refractivity contribution in [2.45, 2.75) is 19.3 Å². The third kappa shape index (κ3) is 11.5. The number of unbranched alkanes of at least 4 members (excludes halogenated alkanes) is 1. The minimum atomic E-state index is 0.321. The Labute approximate surface area is 111 Å². The van der Waals surface area contributed by atoms with E-state index in [1.54, 1.807) is 0 Å². The fourth-order valence-corrected chi connectivity index (χ4v) is 1.43. The van der Waals surface area contributed by atoms with Gasteiger partial charge in [0.2, 0.25) is 0 Å². The van der Waals surface area contributed by atoms with E-state index in [1.165, 1.54) is 5.57 Å². The van der Waals surface area contributed by atoms with E-state index in [2.05, 4.69) is 33.9 Å². The van der Waals surface area contributed by atoms with Crippen LogP contribution in [-0.4, -0.2) is 51.7 Å². The van der Waals surface area contributed by atoms with Crippen LogP contribution in [0.15, 0.2) is 28.8 Å². The Morgan fingerprint density at radius 2 is 2.11 bits per heavy atom. The summed E-state index contributed by atoms with van der Waals surface area (Å²) < 4.78 is 0. The molecule has 0 amide bonds. The van der Waals surface area contributed by atoms with Crippen molar-refractivity contribution in [3.8, 4) is 0 Å². The van der Waals surface area contributed by atoms with Crippen molar-refractivity contribution in [3.63, 3.8) is 0 Å². The van der Waals surface area contributed by atoms with E-state index in [1.807, 2.05) is 20.3 Å². The molecule has 0 fully saturated rings. The first kappa shape index (κ1) is 17.0. The zero-order valence-electron chi connectivity index (χ0n) is 11.7. The van der Waals surface area contributed by atoms with E-state index in [4.69, 9.17) is 5.11 Å². The third-order valence-electron chi connectivity index (χ3n) is 2.37. The molecule has 0 aromatic carbocycles. The molecule has 0 atom stereocenters. The van der Waals surface area contributed by atoms with Crippen LogP contribution in [0.3, 0.4) is 0 Å². The molecule has 4 heteroatoms. The fourth-order valence-electron chi connectivity index (χ4n) is 1.43. The van der Waals surface area contributed by atoms with Gasteiger partial charge < -0.3 is 15.7 Å². The molecule has 0 aromatic heterocycles. The first-order valence-corrected chi connectivity index (χ1v) is 6.59. The second-order valence-corrected chi connectivity index (χ2v) is 4.03. The van der Waals surface area contributed by atoms with E-state index < -0.39 is 0 Å². The number of aliphatic hydroxyl groups excluding tert-OH is 1. The zero-order chi connectivity index (χ0) is 13.5. The summed E-state index contributed by atoms with van der Waals surface area (Å²) in [4.78, 5) is 4.15. The maximum absolute atomic E-state index is 8.27. The third-order valence-corrected chi connectivity index (χ3v) is 2.37. The number of hydrogen-bond acceptors (Lipinski definition) is 4. The van der Waals surface area contributed by atoms with E-state index in [9.17, 15) is 0 Å². The molecule has 1 rings (SSSR count). The zero-order valence-corrected chi connectivity index (χ0v) is 11.7. The number of nitrogens with one attached hydrogen (secondary N) is 2. The van der Waals surface area contributed by atoms with Gasteiger partial charge in [0.25, 0.3) is 0 Å². The summed E-state index contributed by atoms with van der Waals surface area (Å²) in [6.07, 6.45) is 11.3. The van der Waals surface area contributed by atoms with Gasteiger partial charge in [0.1, 0.15) is 0 Å². The Hall–Kier alpha value is -0.970. The highest BCUT2D eigenvalue weighted by Gasteiger charge is 1.90. The average molecular weight is 253 g/mol. The minimum absolute atomic E-state index is 0.321. The van der Waals surface area contributed by atoms with Crippen LogP contribution in [0.4, 0.5) is 0 Å². The van der Waals surface area contributed by atoms with Crippen LogP contribution in [-0.2, 0) is 0 Å². The summed E-state index contributed by atoms with van der Waals surface area (Å²) >= 11 is 0. The topological polar surface area (TPSA) is 56.7 Å². The second kappa shape index (κ2) is 14.1. The number of allylic oxidation sites excluding steroid dienone is 1. The monoisotopic (exact) mass is 253 g/mol. The van der Waals surface area contributed by atoms with Crippen molar-refractivity contribution in [3.05, 3.63) is 23.8 Å². The summed E-state index contributed by atoms with van der Waals surface area (Å²) in [5, 5.41) is 14.4. The minimum Gasteiger partial charge on any atom is -0.396 e. The Balaban J connectivity index is 0.000000360. The van der Waals surface area contributed by atoms with Crippen LogP contribution in [0.5, 0.6) is 0 Å². The lowest BCUT2D eigenvalue weighted by molar-refractivity contribution is 0.284. The molecule has 0 bridgehead atoms. The van der Waals surface area contributed by atoms with Gasteiger partial charge >= 0.3 is 0 Å². The highest BCUT2D eigenvalue weighted by Crippen LogP contribution is 1.99. The number of aliphatic hydroxyl groups is 1. The molecule has 0 saturated heterocycles. The molecular formula is C14H27N3O. The molecule has 1 aliphatic heterocycles. The summed E-state index contributed by atoms with van der Waals surface area (Å²) in [6.45, 7) is 3.10. The molecule has 18 heavy (non-hydrogen) atoms. The summed E-state index contributed by atoms with van der Waals surface area (Å²) in [6, 6.07) is 0. The van der Waals surface area contributed by atoms with Crippen LogP contribution >= 0.6 is 0 Å². The number of likely N-dealkylation sites (N-methyl/N-ethyl adjacent to an activating group) is 1. The van der Waals surface area contributed by atoms with Gasteiger partial charge in [-0.05, 0) is 39.1 Å². The molecule has 0 saturated carbocycles. The number of hydrogen-bond donors (Lipinski definition) is 3. The highest BCUT2D eigenvalue weighted by atomic mass is 16.2. The van der Waals surface area contributed by atoms with Crippen molar-refractivity contribution in [2.24, 2.45) is 4.99 Å². The van der Waals surface area contributed by atoms with Crippen LogP contribution in [0.2, 0.25) is 0 Å². The van der Waals surface area contributed by atoms with Gasteiger partial charge in [0, 0.05) is 25.8 Å². The molecule has 3 N–H and O–H groups in total. The number of aliphatic imine (C=N–C) groups is 1.